The number of carbonyl (C=O) groups is 1. The van der Waals surface area contributed by atoms with E-state index < -0.39 is 5.97 Å². The highest BCUT2D eigenvalue weighted by Crippen LogP contribution is 2.25. The SMILES string of the molecule is Cc1cc(Cl)cc2c(=O)cc(CC(=O)O)n(C(C)C)c12. The van der Waals surface area contributed by atoms with Crippen LogP contribution in [0.25, 0.3) is 10.9 Å². The van der Waals surface area contributed by atoms with E-state index in [-0.39, 0.29) is 17.9 Å². The number of nitrogens with zero attached hydrogens (tertiary/aromatic N) is 1. The summed E-state index contributed by atoms with van der Waals surface area (Å²) < 4.78 is 1.90. The van der Waals surface area contributed by atoms with Crippen molar-refractivity contribution in [2.45, 2.75) is 33.2 Å². The van der Waals surface area contributed by atoms with E-state index in [1.807, 2.05) is 25.3 Å². The molecule has 1 aromatic heterocycles. The number of fused-ring (bicyclic) bond motifs is 1. The normalized spacial score (nSPS) is 11.2. The van der Waals surface area contributed by atoms with Gasteiger partial charge in [-0.3, -0.25) is 9.59 Å². The first-order chi connectivity index (χ1) is 9.31. The lowest BCUT2D eigenvalue weighted by Crippen LogP contribution is -2.19. The van der Waals surface area contributed by atoms with Gasteiger partial charge in [-0.25, -0.2) is 0 Å². The third kappa shape index (κ3) is 2.56. The van der Waals surface area contributed by atoms with E-state index in [9.17, 15) is 9.59 Å². The van der Waals surface area contributed by atoms with Gasteiger partial charge in [0.15, 0.2) is 5.43 Å². The van der Waals surface area contributed by atoms with Gasteiger partial charge in [0.1, 0.15) is 0 Å². The van der Waals surface area contributed by atoms with Crippen LogP contribution in [0.15, 0.2) is 23.0 Å². The Balaban J connectivity index is 2.94. The molecule has 5 heteroatoms. The van der Waals surface area contributed by atoms with Crippen LogP contribution in [0.3, 0.4) is 0 Å². The average Bonchev–Trinajstić information content (AvgIpc) is 2.29. The summed E-state index contributed by atoms with van der Waals surface area (Å²) in [6, 6.07) is 4.86. The van der Waals surface area contributed by atoms with Crippen molar-refractivity contribution in [1.29, 1.82) is 0 Å². The number of aryl methyl sites for hydroxylation is 1. The first kappa shape index (κ1) is 14.6. The van der Waals surface area contributed by atoms with Crippen molar-refractivity contribution in [3.05, 3.63) is 44.7 Å². The lowest BCUT2D eigenvalue weighted by molar-refractivity contribution is -0.136. The van der Waals surface area contributed by atoms with Gasteiger partial charge in [0.25, 0.3) is 0 Å². The predicted molar refractivity (Wildman–Crippen MR) is 79.7 cm³/mol. The lowest BCUT2D eigenvalue weighted by Gasteiger charge is -2.21. The van der Waals surface area contributed by atoms with Gasteiger partial charge >= 0.3 is 5.97 Å². The molecule has 0 saturated heterocycles. The average molecular weight is 294 g/mol. The third-order valence-corrected chi connectivity index (χ3v) is 3.45. The first-order valence-corrected chi connectivity index (χ1v) is 6.75. The van der Waals surface area contributed by atoms with Crippen LogP contribution < -0.4 is 5.43 Å². The fraction of sp³-hybridized carbons (Fsp3) is 0.333. The van der Waals surface area contributed by atoms with Crippen LogP contribution in [0.5, 0.6) is 0 Å². The number of aromatic nitrogens is 1. The minimum atomic E-state index is -0.954. The van der Waals surface area contributed by atoms with Crippen molar-refractivity contribution < 1.29 is 9.90 Å². The minimum absolute atomic E-state index is 0.0484. The molecular weight excluding hydrogens is 278 g/mol. The van der Waals surface area contributed by atoms with E-state index in [2.05, 4.69) is 0 Å². The number of halogens is 1. The molecular formula is C15H16ClNO3. The van der Waals surface area contributed by atoms with E-state index in [1.54, 1.807) is 12.1 Å². The quantitative estimate of drug-likeness (QED) is 0.945. The number of hydrogen-bond acceptors (Lipinski definition) is 2. The van der Waals surface area contributed by atoms with Crippen LogP contribution in [0, 0.1) is 6.92 Å². The van der Waals surface area contributed by atoms with Gasteiger partial charge in [-0.2, -0.15) is 0 Å². The van der Waals surface area contributed by atoms with Crippen molar-refractivity contribution in [3.63, 3.8) is 0 Å². The number of hydrogen-bond donors (Lipinski definition) is 1. The van der Waals surface area contributed by atoms with E-state index >= 15 is 0 Å². The molecule has 0 fully saturated rings. The fourth-order valence-electron chi connectivity index (χ4n) is 2.57. The summed E-state index contributed by atoms with van der Waals surface area (Å²) in [5, 5.41) is 10.0. The number of rotatable bonds is 3. The second-order valence-corrected chi connectivity index (χ2v) is 5.59. The van der Waals surface area contributed by atoms with Crippen LogP contribution in [0.4, 0.5) is 0 Å². The molecule has 0 aliphatic carbocycles. The molecule has 20 heavy (non-hydrogen) atoms. The molecule has 1 N–H and O–H groups in total. The summed E-state index contributed by atoms with van der Waals surface area (Å²) in [6.45, 7) is 5.80. The standard InChI is InChI=1S/C15H16ClNO3/c1-8(2)17-11(7-14(19)20)6-13(18)12-5-10(16)4-9(3)15(12)17/h4-6,8H,7H2,1-3H3,(H,19,20). The molecule has 0 spiro atoms. The van der Waals surface area contributed by atoms with Crippen molar-refractivity contribution in [3.8, 4) is 0 Å². The number of carboxylic acids is 1. The molecule has 0 atom stereocenters. The van der Waals surface area contributed by atoms with Gasteiger partial charge in [-0.15, -0.1) is 0 Å². The maximum Gasteiger partial charge on any atom is 0.309 e. The Kier molecular flexibility index (Phi) is 3.86. The molecule has 1 heterocycles. The second-order valence-electron chi connectivity index (χ2n) is 5.15. The summed E-state index contributed by atoms with van der Waals surface area (Å²) in [5.41, 5.74) is 1.94. The number of benzene rings is 1. The molecule has 0 aliphatic rings. The van der Waals surface area contributed by atoms with Crippen LogP contribution in [0.2, 0.25) is 5.02 Å². The van der Waals surface area contributed by atoms with E-state index in [4.69, 9.17) is 16.7 Å². The Hall–Kier alpha value is -1.81. The molecule has 0 aliphatic heterocycles. The molecule has 0 amide bonds. The zero-order valence-corrected chi connectivity index (χ0v) is 12.4. The smallest absolute Gasteiger partial charge is 0.309 e. The summed E-state index contributed by atoms with van der Waals surface area (Å²) in [5.74, 6) is -0.954. The summed E-state index contributed by atoms with van der Waals surface area (Å²) in [6.07, 6.45) is -0.175. The molecule has 0 bridgehead atoms. The van der Waals surface area contributed by atoms with Gasteiger partial charge < -0.3 is 9.67 Å². The van der Waals surface area contributed by atoms with Gasteiger partial charge in [0, 0.05) is 28.2 Å². The highest BCUT2D eigenvalue weighted by Gasteiger charge is 2.16. The molecule has 0 radical (unpaired) electrons. The zero-order valence-electron chi connectivity index (χ0n) is 11.6. The van der Waals surface area contributed by atoms with Crippen LogP contribution in [0.1, 0.15) is 31.1 Å². The number of pyridine rings is 1. The Labute approximate surface area is 121 Å². The van der Waals surface area contributed by atoms with Crippen LogP contribution in [-0.4, -0.2) is 15.6 Å². The highest BCUT2D eigenvalue weighted by molar-refractivity contribution is 6.31. The third-order valence-electron chi connectivity index (χ3n) is 3.23. The molecule has 4 nitrogen and oxygen atoms in total. The minimum Gasteiger partial charge on any atom is -0.481 e. The van der Waals surface area contributed by atoms with E-state index in [1.165, 1.54) is 6.07 Å². The largest absolute Gasteiger partial charge is 0.481 e. The summed E-state index contributed by atoms with van der Waals surface area (Å²) in [7, 11) is 0. The Morgan fingerprint density at radius 2 is 2.00 bits per heavy atom. The second kappa shape index (κ2) is 5.29. The highest BCUT2D eigenvalue weighted by atomic mass is 35.5. The Bertz CT molecular complexity index is 747. The van der Waals surface area contributed by atoms with Gasteiger partial charge in [-0.1, -0.05) is 11.6 Å². The summed E-state index contributed by atoms with van der Waals surface area (Å²) in [4.78, 5) is 23.2. The van der Waals surface area contributed by atoms with Crippen LogP contribution >= 0.6 is 11.6 Å². The maximum atomic E-state index is 12.2. The van der Waals surface area contributed by atoms with Crippen molar-refractivity contribution in [2.75, 3.05) is 0 Å². The monoisotopic (exact) mass is 293 g/mol. The molecule has 2 aromatic rings. The predicted octanol–water partition coefficient (Wildman–Crippen LogP) is 3.17. The van der Waals surface area contributed by atoms with Gasteiger partial charge in [0.2, 0.25) is 0 Å². The first-order valence-electron chi connectivity index (χ1n) is 6.37. The molecule has 106 valence electrons. The zero-order chi connectivity index (χ0) is 15.0. The topological polar surface area (TPSA) is 59.3 Å². The van der Waals surface area contributed by atoms with Gasteiger partial charge in [-0.05, 0) is 38.5 Å². The van der Waals surface area contributed by atoms with Crippen molar-refractivity contribution in [1.82, 2.24) is 4.57 Å². The van der Waals surface area contributed by atoms with E-state index in [0.29, 0.717) is 16.1 Å². The van der Waals surface area contributed by atoms with E-state index in [0.717, 1.165) is 11.1 Å². The number of aliphatic carboxylic acids is 1. The lowest BCUT2D eigenvalue weighted by atomic mass is 10.1. The van der Waals surface area contributed by atoms with Gasteiger partial charge in [0.05, 0.1) is 11.9 Å². The molecule has 0 unspecified atom stereocenters. The van der Waals surface area contributed by atoms with Crippen LogP contribution in [-0.2, 0) is 11.2 Å². The maximum absolute atomic E-state index is 12.2. The molecule has 0 saturated carbocycles. The van der Waals surface area contributed by atoms with Crippen molar-refractivity contribution in [2.24, 2.45) is 0 Å². The molecule has 1 aromatic carbocycles. The molecule has 2 rings (SSSR count). The Morgan fingerprint density at radius 1 is 1.35 bits per heavy atom. The number of carboxylic acid groups (broad SMARTS) is 1. The fourth-order valence-corrected chi connectivity index (χ4v) is 2.84. The van der Waals surface area contributed by atoms with Crippen molar-refractivity contribution >= 4 is 28.5 Å². The summed E-state index contributed by atoms with van der Waals surface area (Å²) >= 11 is 6.01. The Morgan fingerprint density at radius 3 is 2.55 bits per heavy atom.